The molecule has 0 aromatic heterocycles. The summed E-state index contributed by atoms with van der Waals surface area (Å²) in [5, 5.41) is 3.31. The molecule has 76 valence electrons. The summed E-state index contributed by atoms with van der Waals surface area (Å²) in [5.74, 6) is 1.21. The second kappa shape index (κ2) is 3.60. The van der Waals surface area contributed by atoms with E-state index in [1.54, 1.807) is 0 Å². The van der Waals surface area contributed by atoms with Gasteiger partial charge in [-0.05, 0) is 30.3 Å². The van der Waals surface area contributed by atoms with E-state index < -0.39 is 0 Å². The normalized spacial score (nSPS) is 36.3. The van der Waals surface area contributed by atoms with E-state index in [0.717, 1.165) is 6.29 Å². The number of dihydropyridines is 1. The number of nitrogens with one attached hydrogen (secondary N) is 1. The van der Waals surface area contributed by atoms with Crippen molar-refractivity contribution in [3.8, 4) is 0 Å². The van der Waals surface area contributed by atoms with Crippen molar-refractivity contribution in [1.29, 1.82) is 0 Å². The Labute approximate surface area is 85.1 Å². The van der Waals surface area contributed by atoms with Gasteiger partial charge < -0.3 is 10.1 Å². The van der Waals surface area contributed by atoms with Gasteiger partial charge in [0.2, 0.25) is 0 Å². The number of carbonyl (C=O) groups excluding carboxylic acids is 1. The number of allylic oxidation sites excluding steroid dienone is 3. The van der Waals surface area contributed by atoms with Crippen molar-refractivity contribution in [3.63, 3.8) is 0 Å². The van der Waals surface area contributed by atoms with Gasteiger partial charge in [-0.15, -0.1) is 0 Å². The van der Waals surface area contributed by atoms with E-state index in [4.69, 9.17) is 0 Å². The highest BCUT2D eigenvalue weighted by molar-refractivity contribution is 5.63. The summed E-state index contributed by atoms with van der Waals surface area (Å²) in [6.45, 7) is 4.49. The second-order valence-corrected chi connectivity index (χ2v) is 4.41. The number of aldehydes is 1. The molecule has 1 heterocycles. The van der Waals surface area contributed by atoms with Crippen LogP contribution in [0, 0.1) is 11.8 Å². The van der Waals surface area contributed by atoms with Crippen LogP contribution in [0.5, 0.6) is 0 Å². The van der Waals surface area contributed by atoms with E-state index in [0.29, 0.717) is 11.8 Å². The van der Waals surface area contributed by atoms with E-state index >= 15 is 0 Å². The summed E-state index contributed by atoms with van der Waals surface area (Å²) in [4.78, 5) is 10.7. The summed E-state index contributed by atoms with van der Waals surface area (Å²) in [6.07, 6.45) is 7.54. The predicted octanol–water partition coefficient (Wildman–Crippen LogP) is 2.03. The lowest BCUT2D eigenvalue weighted by atomic mass is 9.79. The number of carbonyl (C=O) groups is 1. The lowest BCUT2D eigenvalue weighted by Crippen LogP contribution is -2.36. The van der Waals surface area contributed by atoms with Crippen molar-refractivity contribution in [3.05, 3.63) is 23.4 Å². The van der Waals surface area contributed by atoms with Crippen molar-refractivity contribution in [1.82, 2.24) is 5.32 Å². The van der Waals surface area contributed by atoms with E-state index in [1.807, 2.05) is 6.08 Å². The molecule has 0 saturated carbocycles. The minimum Gasteiger partial charge on any atom is -0.375 e. The molecule has 14 heavy (non-hydrogen) atoms. The van der Waals surface area contributed by atoms with Gasteiger partial charge >= 0.3 is 0 Å². The number of rotatable bonds is 1. The maximum atomic E-state index is 10.7. The van der Waals surface area contributed by atoms with Gasteiger partial charge in [0.05, 0.1) is 0 Å². The van der Waals surface area contributed by atoms with Gasteiger partial charge in [0.15, 0.2) is 0 Å². The van der Waals surface area contributed by atoms with Gasteiger partial charge in [-0.3, -0.25) is 0 Å². The molecule has 2 aliphatic rings. The molecular formula is C12H17NO. The molecule has 0 bridgehead atoms. The summed E-state index contributed by atoms with van der Waals surface area (Å²) in [6, 6.07) is -0.110. The largest absolute Gasteiger partial charge is 0.375 e. The highest BCUT2D eigenvalue weighted by atomic mass is 16.1. The first-order valence-electron chi connectivity index (χ1n) is 5.36. The zero-order valence-corrected chi connectivity index (χ0v) is 8.79. The Morgan fingerprint density at radius 1 is 1.36 bits per heavy atom. The molecule has 0 amide bonds. The Bertz CT molecular complexity index is 303. The van der Waals surface area contributed by atoms with Crippen molar-refractivity contribution in [2.24, 2.45) is 11.8 Å². The third-order valence-electron chi connectivity index (χ3n) is 3.32. The van der Waals surface area contributed by atoms with Crippen molar-refractivity contribution < 1.29 is 4.79 Å². The zero-order valence-electron chi connectivity index (χ0n) is 8.79. The summed E-state index contributed by atoms with van der Waals surface area (Å²) in [7, 11) is 0. The van der Waals surface area contributed by atoms with Crippen LogP contribution >= 0.6 is 0 Å². The molecule has 0 saturated heterocycles. The quantitative estimate of drug-likeness (QED) is 0.642. The average molecular weight is 191 g/mol. The maximum Gasteiger partial charge on any atom is 0.146 e. The standard InChI is InChI=1S/C12H17NO/c1-8-3-4-9(2)12-11(8)6-5-10(7-14)13-12/h5-10,13H,3-4H2,1-2H3. The fraction of sp³-hybridized carbons (Fsp3) is 0.583. The molecule has 2 nitrogen and oxygen atoms in total. The minimum atomic E-state index is -0.110. The first-order chi connectivity index (χ1) is 6.72. The Morgan fingerprint density at radius 3 is 2.79 bits per heavy atom. The molecule has 2 heteroatoms. The Balaban J connectivity index is 2.29. The van der Waals surface area contributed by atoms with Gasteiger partial charge in [0, 0.05) is 5.70 Å². The van der Waals surface area contributed by atoms with Gasteiger partial charge in [-0.25, -0.2) is 0 Å². The van der Waals surface area contributed by atoms with Gasteiger partial charge in [0.1, 0.15) is 12.3 Å². The van der Waals surface area contributed by atoms with E-state index in [1.165, 1.54) is 24.1 Å². The van der Waals surface area contributed by atoms with Crippen LogP contribution in [0.3, 0.4) is 0 Å². The van der Waals surface area contributed by atoms with Gasteiger partial charge in [-0.1, -0.05) is 26.0 Å². The molecule has 0 fully saturated rings. The van der Waals surface area contributed by atoms with Crippen LogP contribution in [0.2, 0.25) is 0 Å². The van der Waals surface area contributed by atoms with Gasteiger partial charge in [-0.2, -0.15) is 0 Å². The predicted molar refractivity (Wildman–Crippen MR) is 56.7 cm³/mol. The van der Waals surface area contributed by atoms with Crippen LogP contribution in [0.15, 0.2) is 23.4 Å². The van der Waals surface area contributed by atoms with Crippen molar-refractivity contribution >= 4 is 6.29 Å². The first-order valence-corrected chi connectivity index (χ1v) is 5.36. The molecule has 0 aromatic carbocycles. The Morgan fingerprint density at radius 2 is 2.07 bits per heavy atom. The highest BCUT2D eigenvalue weighted by Crippen LogP contribution is 2.35. The summed E-state index contributed by atoms with van der Waals surface area (Å²) in [5.41, 5.74) is 2.70. The van der Waals surface area contributed by atoms with E-state index in [-0.39, 0.29) is 6.04 Å². The summed E-state index contributed by atoms with van der Waals surface area (Å²) < 4.78 is 0. The zero-order chi connectivity index (χ0) is 10.1. The van der Waals surface area contributed by atoms with Crippen LogP contribution < -0.4 is 5.32 Å². The smallest absolute Gasteiger partial charge is 0.146 e. The molecule has 1 N–H and O–H groups in total. The molecule has 3 atom stereocenters. The fourth-order valence-corrected chi connectivity index (χ4v) is 2.34. The van der Waals surface area contributed by atoms with E-state index in [9.17, 15) is 4.79 Å². The molecule has 0 aromatic rings. The molecule has 1 aliphatic carbocycles. The van der Waals surface area contributed by atoms with Crippen molar-refractivity contribution in [2.45, 2.75) is 32.7 Å². The SMILES string of the molecule is CC1CCC(C)C2=C1C=CC(C=O)N2. The third-order valence-corrected chi connectivity index (χ3v) is 3.32. The average Bonchev–Trinajstić information content (AvgIpc) is 2.23. The Hall–Kier alpha value is -1.05. The first kappa shape index (κ1) is 9.50. The Kier molecular flexibility index (Phi) is 2.44. The fourth-order valence-electron chi connectivity index (χ4n) is 2.34. The molecule has 3 unspecified atom stereocenters. The molecule has 0 spiro atoms. The second-order valence-electron chi connectivity index (χ2n) is 4.41. The topological polar surface area (TPSA) is 29.1 Å². The van der Waals surface area contributed by atoms with Crippen LogP contribution in [-0.4, -0.2) is 12.3 Å². The molecular weight excluding hydrogens is 174 g/mol. The van der Waals surface area contributed by atoms with Crippen LogP contribution in [-0.2, 0) is 4.79 Å². The summed E-state index contributed by atoms with van der Waals surface area (Å²) >= 11 is 0. The lowest BCUT2D eigenvalue weighted by molar-refractivity contribution is -0.108. The van der Waals surface area contributed by atoms with Crippen LogP contribution in [0.1, 0.15) is 26.7 Å². The third kappa shape index (κ3) is 1.49. The molecule has 1 aliphatic heterocycles. The number of hydrogen-bond donors (Lipinski definition) is 1. The van der Waals surface area contributed by atoms with Crippen LogP contribution in [0.4, 0.5) is 0 Å². The van der Waals surface area contributed by atoms with Gasteiger partial charge in [0.25, 0.3) is 0 Å². The lowest BCUT2D eigenvalue weighted by Gasteiger charge is -2.33. The molecule has 2 rings (SSSR count). The highest BCUT2D eigenvalue weighted by Gasteiger charge is 2.26. The maximum absolute atomic E-state index is 10.7. The number of hydrogen-bond acceptors (Lipinski definition) is 2. The van der Waals surface area contributed by atoms with Crippen molar-refractivity contribution in [2.75, 3.05) is 0 Å². The van der Waals surface area contributed by atoms with Crippen LogP contribution in [0.25, 0.3) is 0 Å². The monoisotopic (exact) mass is 191 g/mol. The van der Waals surface area contributed by atoms with E-state index in [2.05, 4.69) is 25.2 Å². The molecule has 0 radical (unpaired) electrons. The minimum absolute atomic E-state index is 0.110.